The zero-order valence-electron chi connectivity index (χ0n) is 37.6. The van der Waals surface area contributed by atoms with Gasteiger partial charge in [0.1, 0.15) is 18.1 Å². The molecular weight excluding hydrogens is 851 g/mol. The highest BCUT2D eigenvalue weighted by molar-refractivity contribution is 5.71. The van der Waals surface area contributed by atoms with Crippen LogP contribution in [0.2, 0.25) is 0 Å². The Morgan fingerprint density at radius 1 is 0.662 bits per heavy atom. The van der Waals surface area contributed by atoms with Gasteiger partial charge in [-0.2, -0.15) is 0 Å². The first-order valence-corrected chi connectivity index (χ1v) is 22.3. The lowest BCUT2D eigenvalue weighted by molar-refractivity contribution is -0.308. The number of carbonyl (C=O) groups excluding carboxylic acids is 1. The maximum Gasteiger partial charge on any atom is 0.311 e. The molecule has 0 saturated carbocycles. The van der Waals surface area contributed by atoms with Crippen LogP contribution in [0.5, 0.6) is 0 Å². The number of carbonyl (C=O) groups is 2. The molecule has 0 amide bonds. The van der Waals surface area contributed by atoms with Gasteiger partial charge in [0.25, 0.3) is 0 Å². The van der Waals surface area contributed by atoms with Gasteiger partial charge in [0.05, 0.1) is 79.6 Å². The van der Waals surface area contributed by atoms with Crippen molar-refractivity contribution in [1.29, 1.82) is 0 Å². The van der Waals surface area contributed by atoms with Crippen molar-refractivity contribution in [2.45, 2.75) is 177 Å². The average molecular weight is 924 g/mol. The predicted octanol–water partition coefficient (Wildman–Crippen LogP) is 0.712. The number of allylic oxidation sites excluding steroid dienone is 12. The zero-order chi connectivity index (χ0) is 48.4. The Kier molecular flexibility index (Phi) is 23.6. The average Bonchev–Trinajstić information content (AvgIpc) is 3.21. The lowest BCUT2D eigenvalue weighted by Gasteiger charge is -2.45. The largest absolute Gasteiger partial charge is 0.481 e. The standard InChI is InChI=1S/C47H73NO17/c1-27-17-15-13-11-9-7-5-6-8-10-12-14-16-18-34(64-46-44(58)41(48)43(57)30(4)63-46)24-38-40(45(59)60)37(54)26-47(61,65-38)25-33(51)22-36(53)35(52)20-19-31(49)21-32(50)23-39(55)62-29(3)28(2)42(27)56/h5-18,27-38,40-44,46,49-54,56-58,61H,19-26,48H2,1-4H3,(H,59,60)/b6-5+,9-7+,10-8+,13-11+,14-12+,17-15+,18-16+/t27-,28-,29-,30+,31+,32+,33-,34-,35+,36+,37-,38-,40+,41+,42+,43-,44-,46+,47+/m0/s1. The summed E-state index contributed by atoms with van der Waals surface area (Å²) in [6, 6.07) is -1.15. The first-order valence-electron chi connectivity index (χ1n) is 22.3. The number of ether oxygens (including phenoxy) is 4. The number of nitrogens with two attached hydrogens (primary N) is 1. The molecule has 2 bridgehead atoms. The smallest absolute Gasteiger partial charge is 0.311 e. The van der Waals surface area contributed by atoms with Crippen molar-refractivity contribution >= 4 is 11.9 Å². The van der Waals surface area contributed by atoms with E-state index in [1.54, 1.807) is 80.7 Å². The van der Waals surface area contributed by atoms with Crippen LogP contribution in [0, 0.1) is 17.8 Å². The molecule has 13 N–H and O–H groups in total. The molecule has 18 nitrogen and oxygen atoms in total. The summed E-state index contributed by atoms with van der Waals surface area (Å²) in [6.07, 6.45) is 3.46. The first kappa shape index (κ1) is 55.9. The van der Waals surface area contributed by atoms with Gasteiger partial charge in [-0.25, -0.2) is 0 Å². The first-order chi connectivity index (χ1) is 30.6. The number of esters is 1. The predicted molar refractivity (Wildman–Crippen MR) is 237 cm³/mol. The summed E-state index contributed by atoms with van der Waals surface area (Å²) in [6.45, 7) is 6.74. The quantitative estimate of drug-likeness (QED) is 0.174. The summed E-state index contributed by atoms with van der Waals surface area (Å²) in [5.41, 5.74) is 6.02. The second-order valence-corrected chi connectivity index (χ2v) is 17.6. The van der Waals surface area contributed by atoms with Crippen molar-refractivity contribution in [3.8, 4) is 0 Å². The molecule has 3 aliphatic rings. The Bertz CT molecular complexity index is 1670. The van der Waals surface area contributed by atoms with Crippen LogP contribution in [0.15, 0.2) is 85.1 Å². The fourth-order valence-electron chi connectivity index (χ4n) is 7.97. The number of aliphatic hydroxyl groups is 10. The molecule has 0 aromatic heterocycles. The van der Waals surface area contributed by atoms with Crippen molar-refractivity contribution in [3.63, 3.8) is 0 Å². The molecule has 2 fully saturated rings. The van der Waals surface area contributed by atoms with E-state index in [4.69, 9.17) is 24.7 Å². The van der Waals surface area contributed by atoms with E-state index in [1.807, 2.05) is 19.1 Å². The highest BCUT2D eigenvalue weighted by Gasteiger charge is 2.51. The van der Waals surface area contributed by atoms with Gasteiger partial charge in [0.2, 0.25) is 0 Å². The molecule has 65 heavy (non-hydrogen) atoms. The van der Waals surface area contributed by atoms with Crippen LogP contribution in [0.4, 0.5) is 0 Å². The molecule has 3 aliphatic heterocycles. The van der Waals surface area contributed by atoms with Crippen molar-refractivity contribution in [2.24, 2.45) is 23.5 Å². The fraction of sp³-hybridized carbons (Fsp3) is 0.660. The van der Waals surface area contributed by atoms with Crippen LogP contribution in [0.25, 0.3) is 0 Å². The number of rotatable bonds is 3. The van der Waals surface area contributed by atoms with Gasteiger partial charge in [-0.05, 0) is 33.1 Å². The molecule has 0 aromatic rings. The molecule has 18 heteroatoms. The van der Waals surface area contributed by atoms with E-state index < -0.39 is 147 Å². The summed E-state index contributed by atoms with van der Waals surface area (Å²) < 4.78 is 23.1. The van der Waals surface area contributed by atoms with E-state index in [9.17, 15) is 65.8 Å². The molecule has 368 valence electrons. The van der Waals surface area contributed by atoms with Gasteiger partial charge in [-0.15, -0.1) is 0 Å². The second kappa shape index (κ2) is 27.4. The number of carboxylic acid groups (broad SMARTS) is 1. The normalized spacial score (nSPS) is 45.5. The lowest BCUT2D eigenvalue weighted by atomic mass is 9.82. The van der Waals surface area contributed by atoms with Crippen LogP contribution in [-0.2, 0) is 28.5 Å². The maximum absolute atomic E-state index is 12.6. The summed E-state index contributed by atoms with van der Waals surface area (Å²) in [7, 11) is 0. The van der Waals surface area contributed by atoms with Crippen molar-refractivity contribution in [3.05, 3.63) is 85.1 Å². The van der Waals surface area contributed by atoms with E-state index in [0.29, 0.717) is 0 Å². The van der Waals surface area contributed by atoms with Crippen LogP contribution in [-0.4, -0.2) is 166 Å². The summed E-state index contributed by atoms with van der Waals surface area (Å²) in [4.78, 5) is 25.1. The van der Waals surface area contributed by atoms with E-state index in [1.165, 1.54) is 13.0 Å². The molecule has 0 aromatic carbocycles. The molecule has 0 spiro atoms. The van der Waals surface area contributed by atoms with Crippen LogP contribution >= 0.6 is 0 Å². The third-order valence-corrected chi connectivity index (χ3v) is 12.0. The van der Waals surface area contributed by atoms with Crippen molar-refractivity contribution in [2.75, 3.05) is 0 Å². The number of fused-ring (bicyclic) bond motifs is 2. The van der Waals surface area contributed by atoms with E-state index >= 15 is 0 Å². The van der Waals surface area contributed by atoms with E-state index in [2.05, 4.69) is 0 Å². The summed E-state index contributed by atoms with van der Waals surface area (Å²) >= 11 is 0. The Morgan fingerprint density at radius 3 is 1.82 bits per heavy atom. The molecule has 0 radical (unpaired) electrons. The van der Waals surface area contributed by atoms with Gasteiger partial charge in [-0.3, -0.25) is 9.59 Å². The topological polar surface area (TPSA) is 320 Å². The van der Waals surface area contributed by atoms with Crippen LogP contribution in [0.3, 0.4) is 0 Å². The molecule has 0 unspecified atom stereocenters. The number of aliphatic hydroxyl groups excluding tert-OH is 9. The molecule has 0 aliphatic carbocycles. The summed E-state index contributed by atoms with van der Waals surface area (Å²) in [5, 5.41) is 118. The van der Waals surface area contributed by atoms with E-state index in [-0.39, 0.29) is 31.6 Å². The van der Waals surface area contributed by atoms with Gasteiger partial charge >= 0.3 is 11.9 Å². The number of cyclic esters (lactones) is 1. The number of carboxylic acids is 1. The minimum Gasteiger partial charge on any atom is -0.481 e. The number of aliphatic carboxylic acids is 1. The fourth-order valence-corrected chi connectivity index (χ4v) is 7.97. The Balaban J connectivity index is 1.86. The number of hydrogen-bond donors (Lipinski definition) is 12. The van der Waals surface area contributed by atoms with Crippen LogP contribution < -0.4 is 5.73 Å². The molecular formula is C47H73NO17. The maximum atomic E-state index is 12.6. The highest BCUT2D eigenvalue weighted by atomic mass is 16.7. The van der Waals surface area contributed by atoms with E-state index in [0.717, 1.165) is 0 Å². The minimum absolute atomic E-state index is 0.107. The molecule has 2 saturated heterocycles. The third kappa shape index (κ3) is 18.6. The minimum atomic E-state index is -2.33. The monoisotopic (exact) mass is 923 g/mol. The molecule has 3 heterocycles. The van der Waals surface area contributed by atoms with Gasteiger partial charge in [-0.1, -0.05) is 98.9 Å². The number of hydrogen-bond acceptors (Lipinski definition) is 17. The second-order valence-electron chi connectivity index (χ2n) is 17.6. The van der Waals surface area contributed by atoms with Gasteiger partial charge in [0, 0.05) is 37.5 Å². The van der Waals surface area contributed by atoms with Crippen LogP contribution in [0.1, 0.15) is 79.1 Å². The zero-order valence-corrected chi connectivity index (χ0v) is 37.6. The van der Waals surface area contributed by atoms with Crippen molar-refractivity contribution in [1.82, 2.24) is 0 Å². The van der Waals surface area contributed by atoms with Crippen molar-refractivity contribution < 1.29 is 84.7 Å². The SMILES string of the molecule is C[C@@H]1[C@H](O)[C@@H](C)/C=C/C=C/C=C/C=C/C=C/C=C/C=C/[C@H](O[C@H]2O[C@H](C)[C@H](O)[C@@H](N)[C@@H]2O)C[C@@H]2O[C@](O)(C[C@@H](O)C[C@@H](O)[C@H](O)CC[C@@H](O)C[C@@H](O)CC(=O)O[C@H]1C)C[C@H](O)[C@H]2C(=O)O. The Hall–Kier alpha value is -3.44. The summed E-state index contributed by atoms with van der Waals surface area (Å²) in [5.74, 6) is -6.83. The highest BCUT2D eigenvalue weighted by Crippen LogP contribution is 2.38. The third-order valence-electron chi connectivity index (χ3n) is 12.0. The Labute approximate surface area is 381 Å². The molecule has 19 atom stereocenters. The molecule has 3 rings (SSSR count). The van der Waals surface area contributed by atoms with Gasteiger partial charge in [0.15, 0.2) is 12.1 Å². The lowest BCUT2D eigenvalue weighted by Crippen LogP contribution is -2.61. The Morgan fingerprint density at radius 2 is 1.23 bits per heavy atom. The van der Waals surface area contributed by atoms with Gasteiger partial charge < -0.3 is 80.9 Å².